The smallest absolute Gasteiger partial charge is 0.354 e. The third kappa shape index (κ3) is 5.75. The van der Waals surface area contributed by atoms with E-state index in [-0.39, 0.29) is 30.4 Å². The van der Waals surface area contributed by atoms with E-state index < -0.39 is 17.9 Å². The molecule has 5 nitrogen and oxygen atoms in total. The van der Waals surface area contributed by atoms with Crippen LogP contribution in [0.15, 0.2) is 30.3 Å². The molecular formula is C19H23F3N4O. The minimum Gasteiger partial charge on any atom is -0.354 e. The van der Waals surface area contributed by atoms with Gasteiger partial charge < -0.3 is 5.32 Å². The fraction of sp³-hybridized carbons (Fsp3) is 0.421. The summed E-state index contributed by atoms with van der Waals surface area (Å²) in [5.74, 6) is -0.172. The fourth-order valence-electron chi connectivity index (χ4n) is 2.81. The maximum absolute atomic E-state index is 12.8. The van der Waals surface area contributed by atoms with E-state index in [9.17, 15) is 18.0 Å². The number of aryl methyl sites for hydroxylation is 2. The van der Waals surface area contributed by atoms with Gasteiger partial charge in [-0.1, -0.05) is 29.8 Å². The van der Waals surface area contributed by atoms with Crippen molar-refractivity contribution in [2.24, 2.45) is 0 Å². The Morgan fingerprint density at radius 2 is 1.89 bits per heavy atom. The highest BCUT2D eigenvalue weighted by Crippen LogP contribution is 2.27. The molecule has 1 heterocycles. The summed E-state index contributed by atoms with van der Waals surface area (Å²) < 4.78 is 38.5. The molecule has 0 saturated carbocycles. The van der Waals surface area contributed by atoms with E-state index in [2.05, 4.69) is 15.3 Å². The lowest BCUT2D eigenvalue weighted by Gasteiger charge is -2.24. The molecule has 27 heavy (non-hydrogen) atoms. The Kier molecular flexibility index (Phi) is 6.54. The number of rotatable bonds is 6. The Hall–Kier alpha value is -2.48. The topological polar surface area (TPSA) is 58.1 Å². The molecule has 2 rings (SSSR count). The van der Waals surface area contributed by atoms with E-state index in [1.165, 1.54) is 6.92 Å². The predicted octanol–water partition coefficient (Wildman–Crippen LogP) is 3.07. The predicted molar refractivity (Wildman–Crippen MR) is 96.1 cm³/mol. The van der Waals surface area contributed by atoms with Gasteiger partial charge >= 0.3 is 6.18 Å². The van der Waals surface area contributed by atoms with E-state index in [4.69, 9.17) is 0 Å². The minimum absolute atomic E-state index is 0.0552. The van der Waals surface area contributed by atoms with Gasteiger partial charge in [0.25, 0.3) is 0 Å². The van der Waals surface area contributed by atoms with E-state index in [1.807, 2.05) is 31.2 Å². The first-order chi connectivity index (χ1) is 12.6. The maximum Gasteiger partial charge on any atom is 0.433 e. The molecule has 0 unspecified atom stereocenters. The van der Waals surface area contributed by atoms with Crippen LogP contribution in [0, 0.1) is 13.8 Å². The minimum atomic E-state index is -4.52. The standard InChI is InChI=1S/C19H23F3N4O/c1-12-6-5-7-14(10-12)17(26(3)4)18(27)23-9-8-16-24-13(2)11-15(25-16)19(20,21)22/h5-7,10-11,17H,8-9H2,1-4H3,(H,23,27)/t17-/m1/s1. The van der Waals surface area contributed by atoms with Crippen molar-refractivity contribution in [1.29, 1.82) is 0 Å². The zero-order valence-corrected chi connectivity index (χ0v) is 15.8. The van der Waals surface area contributed by atoms with Crippen molar-refractivity contribution in [3.05, 3.63) is 58.7 Å². The van der Waals surface area contributed by atoms with Crippen molar-refractivity contribution in [2.45, 2.75) is 32.5 Å². The molecule has 0 aliphatic carbocycles. The summed E-state index contributed by atoms with van der Waals surface area (Å²) in [5, 5.41) is 2.77. The Morgan fingerprint density at radius 1 is 1.19 bits per heavy atom. The SMILES string of the molecule is Cc1cccc([C@H](C(=O)NCCc2nc(C)cc(C(F)(F)F)n2)N(C)C)c1. The molecule has 1 N–H and O–H groups in total. The lowest BCUT2D eigenvalue weighted by Crippen LogP contribution is -2.38. The van der Waals surface area contributed by atoms with E-state index >= 15 is 0 Å². The first-order valence-electron chi connectivity index (χ1n) is 8.50. The van der Waals surface area contributed by atoms with Gasteiger partial charge in [0.05, 0.1) is 0 Å². The van der Waals surface area contributed by atoms with Crippen LogP contribution in [0.1, 0.15) is 34.4 Å². The number of carbonyl (C=O) groups excluding carboxylic acids is 1. The summed E-state index contributed by atoms with van der Waals surface area (Å²) in [7, 11) is 3.59. The van der Waals surface area contributed by atoms with Crippen LogP contribution in [0.2, 0.25) is 0 Å². The highest BCUT2D eigenvalue weighted by Gasteiger charge is 2.33. The summed E-state index contributed by atoms with van der Waals surface area (Å²) in [6.07, 6.45) is -4.41. The quantitative estimate of drug-likeness (QED) is 0.837. The summed E-state index contributed by atoms with van der Waals surface area (Å²) >= 11 is 0. The maximum atomic E-state index is 12.8. The van der Waals surface area contributed by atoms with Gasteiger partial charge in [-0.05, 0) is 39.6 Å². The van der Waals surface area contributed by atoms with Gasteiger partial charge in [-0.15, -0.1) is 0 Å². The number of benzene rings is 1. The third-order valence-electron chi connectivity index (χ3n) is 3.96. The van der Waals surface area contributed by atoms with Crippen LogP contribution in [0.4, 0.5) is 13.2 Å². The molecule has 1 amide bonds. The molecule has 1 atom stereocenters. The van der Waals surface area contributed by atoms with Crippen LogP contribution in [-0.2, 0) is 17.4 Å². The molecular weight excluding hydrogens is 357 g/mol. The highest BCUT2D eigenvalue weighted by molar-refractivity contribution is 5.83. The molecule has 0 aliphatic heterocycles. The zero-order valence-electron chi connectivity index (χ0n) is 15.8. The van der Waals surface area contributed by atoms with Gasteiger partial charge in [0, 0.05) is 18.7 Å². The van der Waals surface area contributed by atoms with Crippen LogP contribution in [0.3, 0.4) is 0 Å². The second kappa shape index (κ2) is 8.47. The number of halogens is 3. The van der Waals surface area contributed by atoms with Gasteiger partial charge in [-0.2, -0.15) is 13.2 Å². The summed E-state index contributed by atoms with van der Waals surface area (Å²) in [6.45, 7) is 3.58. The van der Waals surface area contributed by atoms with Crippen molar-refractivity contribution in [2.75, 3.05) is 20.6 Å². The van der Waals surface area contributed by atoms with Crippen LogP contribution >= 0.6 is 0 Å². The number of likely N-dealkylation sites (N-methyl/N-ethyl adjacent to an activating group) is 1. The Balaban J connectivity index is 2.05. The molecule has 0 bridgehead atoms. The number of hydrogen-bond donors (Lipinski definition) is 1. The van der Waals surface area contributed by atoms with E-state index in [1.54, 1.807) is 19.0 Å². The molecule has 0 spiro atoms. The monoisotopic (exact) mass is 380 g/mol. The average molecular weight is 380 g/mol. The second-order valence-electron chi connectivity index (χ2n) is 6.63. The van der Waals surface area contributed by atoms with Gasteiger partial charge in [0.1, 0.15) is 17.6 Å². The number of hydrogen-bond acceptors (Lipinski definition) is 4. The Morgan fingerprint density at radius 3 is 2.48 bits per heavy atom. The number of nitrogens with one attached hydrogen (secondary N) is 1. The van der Waals surface area contributed by atoms with Crippen LogP contribution < -0.4 is 5.32 Å². The molecule has 0 saturated heterocycles. The first kappa shape index (κ1) is 20.8. The van der Waals surface area contributed by atoms with Crippen molar-refractivity contribution < 1.29 is 18.0 Å². The van der Waals surface area contributed by atoms with Gasteiger partial charge in [0.2, 0.25) is 5.91 Å². The molecule has 1 aromatic carbocycles. The summed E-state index contributed by atoms with van der Waals surface area (Å²) in [4.78, 5) is 22.0. The van der Waals surface area contributed by atoms with Crippen molar-refractivity contribution in [3.63, 3.8) is 0 Å². The van der Waals surface area contributed by atoms with Crippen molar-refractivity contribution in [1.82, 2.24) is 20.2 Å². The van der Waals surface area contributed by atoms with Crippen LogP contribution in [0.5, 0.6) is 0 Å². The lowest BCUT2D eigenvalue weighted by atomic mass is 10.0. The number of carbonyl (C=O) groups is 1. The van der Waals surface area contributed by atoms with Crippen LogP contribution in [-0.4, -0.2) is 41.4 Å². The van der Waals surface area contributed by atoms with Crippen molar-refractivity contribution in [3.8, 4) is 0 Å². The van der Waals surface area contributed by atoms with E-state index in [0.717, 1.165) is 17.2 Å². The summed E-state index contributed by atoms with van der Waals surface area (Å²) in [5.41, 5.74) is 1.16. The lowest BCUT2D eigenvalue weighted by molar-refractivity contribution is -0.141. The largest absolute Gasteiger partial charge is 0.433 e. The highest BCUT2D eigenvalue weighted by atomic mass is 19.4. The van der Waals surface area contributed by atoms with Crippen LogP contribution in [0.25, 0.3) is 0 Å². The normalized spacial score (nSPS) is 12.9. The van der Waals surface area contributed by atoms with Gasteiger partial charge in [-0.3, -0.25) is 9.69 Å². The third-order valence-corrected chi connectivity index (χ3v) is 3.96. The molecule has 8 heteroatoms. The molecule has 1 aromatic heterocycles. The molecule has 0 radical (unpaired) electrons. The number of amides is 1. The van der Waals surface area contributed by atoms with E-state index in [0.29, 0.717) is 0 Å². The number of aromatic nitrogens is 2. The molecule has 2 aromatic rings. The Labute approximate surface area is 156 Å². The fourth-order valence-corrected chi connectivity index (χ4v) is 2.81. The average Bonchev–Trinajstić information content (AvgIpc) is 2.53. The molecule has 146 valence electrons. The van der Waals surface area contributed by atoms with Crippen molar-refractivity contribution >= 4 is 5.91 Å². The second-order valence-corrected chi connectivity index (χ2v) is 6.63. The first-order valence-corrected chi connectivity index (χ1v) is 8.50. The van der Waals surface area contributed by atoms with Gasteiger partial charge in [-0.25, -0.2) is 9.97 Å². The molecule has 0 fully saturated rings. The summed E-state index contributed by atoms with van der Waals surface area (Å²) in [6, 6.07) is 8.05. The molecule has 0 aliphatic rings. The number of nitrogens with zero attached hydrogens (tertiary/aromatic N) is 3. The van der Waals surface area contributed by atoms with Gasteiger partial charge in [0.15, 0.2) is 0 Å². The number of alkyl halides is 3. The Bertz CT molecular complexity index is 806. The zero-order chi connectivity index (χ0) is 20.2.